The SMILES string of the molecule is CCNCc1cc(F)c(OC2CCC(C)CC2)c(F)c1. The average Bonchev–Trinajstić information content (AvgIpc) is 2.42. The van der Waals surface area contributed by atoms with Gasteiger partial charge in [0.25, 0.3) is 0 Å². The van der Waals surface area contributed by atoms with Crippen LogP contribution in [0.25, 0.3) is 0 Å². The Kier molecular flexibility index (Phi) is 5.35. The molecule has 4 heteroatoms. The first-order valence-corrected chi connectivity index (χ1v) is 7.45. The second-order valence-corrected chi connectivity index (χ2v) is 5.67. The van der Waals surface area contributed by atoms with Crippen LogP contribution >= 0.6 is 0 Å². The molecule has 1 aromatic carbocycles. The Morgan fingerprint density at radius 3 is 2.30 bits per heavy atom. The van der Waals surface area contributed by atoms with E-state index < -0.39 is 11.6 Å². The van der Waals surface area contributed by atoms with Gasteiger partial charge in [-0.3, -0.25) is 0 Å². The zero-order chi connectivity index (χ0) is 14.5. The predicted octanol–water partition coefficient (Wildman–Crippen LogP) is 4.03. The molecule has 0 bridgehead atoms. The first-order chi connectivity index (χ1) is 9.60. The first-order valence-electron chi connectivity index (χ1n) is 7.45. The molecule has 0 amide bonds. The largest absolute Gasteiger partial charge is 0.484 e. The molecule has 1 aliphatic carbocycles. The smallest absolute Gasteiger partial charge is 0.191 e. The normalized spacial score (nSPS) is 22.8. The quantitative estimate of drug-likeness (QED) is 0.881. The molecule has 0 unspecified atom stereocenters. The van der Waals surface area contributed by atoms with Crippen LogP contribution in [0.1, 0.15) is 45.1 Å². The fourth-order valence-corrected chi connectivity index (χ4v) is 2.61. The summed E-state index contributed by atoms with van der Waals surface area (Å²) in [7, 11) is 0. The Morgan fingerprint density at radius 1 is 1.15 bits per heavy atom. The summed E-state index contributed by atoms with van der Waals surface area (Å²) in [5, 5.41) is 3.05. The number of ether oxygens (including phenoxy) is 1. The van der Waals surface area contributed by atoms with E-state index in [0.29, 0.717) is 18.0 Å². The van der Waals surface area contributed by atoms with Gasteiger partial charge in [0.15, 0.2) is 17.4 Å². The van der Waals surface area contributed by atoms with Crippen molar-refractivity contribution in [2.75, 3.05) is 6.54 Å². The van der Waals surface area contributed by atoms with Gasteiger partial charge in [-0.2, -0.15) is 0 Å². The molecule has 0 atom stereocenters. The molecule has 0 saturated heterocycles. The molecule has 2 nitrogen and oxygen atoms in total. The van der Waals surface area contributed by atoms with Crippen LogP contribution in [0.15, 0.2) is 12.1 Å². The summed E-state index contributed by atoms with van der Waals surface area (Å²) in [5.41, 5.74) is 0.603. The maximum Gasteiger partial charge on any atom is 0.191 e. The molecule has 0 spiro atoms. The lowest BCUT2D eigenvalue weighted by Gasteiger charge is -2.27. The number of hydrogen-bond donors (Lipinski definition) is 1. The molecule has 0 aromatic heterocycles. The number of rotatable bonds is 5. The minimum absolute atomic E-state index is 0.0604. The zero-order valence-corrected chi connectivity index (χ0v) is 12.2. The highest BCUT2D eigenvalue weighted by atomic mass is 19.1. The molecule has 1 aliphatic rings. The highest BCUT2D eigenvalue weighted by Gasteiger charge is 2.22. The molecule has 20 heavy (non-hydrogen) atoms. The third kappa shape index (κ3) is 3.92. The Balaban J connectivity index is 2.04. The second-order valence-electron chi connectivity index (χ2n) is 5.67. The van der Waals surface area contributed by atoms with Crippen LogP contribution in [0.5, 0.6) is 5.75 Å². The van der Waals surface area contributed by atoms with E-state index in [4.69, 9.17) is 4.74 Å². The van der Waals surface area contributed by atoms with Crippen molar-refractivity contribution in [3.8, 4) is 5.75 Å². The number of nitrogens with one attached hydrogen (secondary N) is 1. The Morgan fingerprint density at radius 2 is 1.75 bits per heavy atom. The summed E-state index contributed by atoms with van der Waals surface area (Å²) in [4.78, 5) is 0. The Labute approximate surface area is 119 Å². The van der Waals surface area contributed by atoms with Crippen molar-refractivity contribution < 1.29 is 13.5 Å². The van der Waals surface area contributed by atoms with Crippen LogP contribution in [0.3, 0.4) is 0 Å². The van der Waals surface area contributed by atoms with Crippen LogP contribution in [0, 0.1) is 17.6 Å². The van der Waals surface area contributed by atoms with E-state index in [1.165, 1.54) is 12.1 Å². The number of hydrogen-bond acceptors (Lipinski definition) is 2. The maximum atomic E-state index is 14.0. The van der Waals surface area contributed by atoms with Crippen molar-refractivity contribution >= 4 is 0 Å². The summed E-state index contributed by atoms with van der Waals surface area (Å²) in [6.45, 7) is 5.38. The third-order valence-electron chi connectivity index (χ3n) is 3.88. The molecule has 2 rings (SSSR count). The molecular formula is C16H23F2NO. The van der Waals surface area contributed by atoms with Gasteiger partial charge in [0.05, 0.1) is 6.10 Å². The van der Waals surface area contributed by atoms with Gasteiger partial charge >= 0.3 is 0 Å². The molecule has 0 heterocycles. The van der Waals surface area contributed by atoms with Crippen molar-refractivity contribution in [3.05, 3.63) is 29.3 Å². The standard InChI is InChI=1S/C16H23F2NO/c1-3-19-10-12-8-14(17)16(15(18)9-12)20-13-6-4-11(2)5-7-13/h8-9,11,13,19H,3-7,10H2,1-2H3. The molecule has 1 N–H and O–H groups in total. The van der Waals surface area contributed by atoms with E-state index in [1.54, 1.807) is 0 Å². The summed E-state index contributed by atoms with van der Waals surface area (Å²) >= 11 is 0. The molecule has 0 aliphatic heterocycles. The molecule has 1 fully saturated rings. The van der Waals surface area contributed by atoms with E-state index in [0.717, 1.165) is 32.2 Å². The van der Waals surface area contributed by atoms with Gasteiger partial charge in [0.2, 0.25) is 0 Å². The van der Waals surface area contributed by atoms with E-state index in [9.17, 15) is 8.78 Å². The van der Waals surface area contributed by atoms with E-state index in [1.807, 2.05) is 6.92 Å². The van der Waals surface area contributed by atoms with Crippen molar-refractivity contribution in [2.24, 2.45) is 5.92 Å². The monoisotopic (exact) mass is 283 g/mol. The number of benzene rings is 1. The fourth-order valence-electron chi connectivity index (χ4n) is 2.61. The van der Waals surface area contributed by atoms with Crippen LogP contribution in [-0.4, -0.2) is 12.6 Å². The molecule has 1 saturated carbocycles. The number of halogens is 2. The van der Waals surface area contributed by atoms with Gasteiger partial charge in [-0.25, -0.2) is 8.78 Å². The Bertz CT molecular complexity index is 419. The lowest BCUT2D eigenvalue weighted by Crippen LogP contribution is -2.24. The van der Waals surface area contributed by atoms with Gasteiger partial charge in [0.1, 0.15) is 0 Å². The summed E-state index contributed by atoms with van der Waals surface area (Å²) < 4.78 is 33.5. The van der Waals surface area contributed by atoms with Crippen LogP contribution in [0.2, 0.25) is 0 Å². The summed E-state index contributed by atoms with van der Waals surface area (Å²) in [6.07, 6.45) is 3.81. The molecule has 1 aromatic rings. The van der Waals surface area contributed by atoms with Crippen molar-refractivity contribution in [2.45, 2.75) is 52.2 Å². The highest BCUT2D eigenvalue weighted by Crippen LogP contribution is 2.30. The lowest BCUT2D eigenvalue weighted by atomic mass is 9.89. The minimum atomic E-state index is -0.600. The summed E-state index contributed by atoms with van der Waals surface area (Å²) in [6, 6.07) is 2.71. The van der Waals surface area contributed by atoms with E-state index in [2.05, 4.69) is 12.2 Å². The minimum Gasteiger partial charge on any atom is -0.484 e. The van der Waals surface area contributed by atoms with E-state index in [-0.39, 0.29) is 11.9 Å². The van der Waals surface area contributed by atoms with Gasteiger partial charge in [-0.1, -0.05) is 13.8 Å². The van der Waals surface area contributed by atoms with Crippen molar-refractivity contribution in [1.82, 2.24) is 5.32 Å². The van der Waals surface area contributed by atoms with Gasteiger partial charge in [-0.15, -0.1) is 0 Å². The van der Waals surface area contributed by atoms with Crippen LogP contribution in [0.4, 0.5) is 8.78 Å². The highest BCUT2D eigenvalue weighted by molar-refractivity contribution is 5.31. The Hall–Kier alpha value is -1.16. The van der Waals surface area contributed by atoms with Crippen LogP contribution in [-0.2, 0) is 6.54 Å². The van der Waals surface area contributed by atoms with Crippen molar-refractivity contribution in [3.63, 3.8) is 0 Å². The fraction of sp³-hybridized carbons (Fsp3) is 0.625. The summed E-state index contributed by atoms with van der Waals surface area (Å²) in [5.74, 6) is -0.732. The molecular weight excluding hydrogens is 260 g/mol. The maximum absolute atomic E-state index is 14.0. The molecule has 0 radical (unpaired) electrons. The second kappa shape index (κ2) is 7.02. The van der Waals surface area contributed by atoms with Gasteiger partial charge in [0, 0.05) is 6.54 Å². The zero-order valence-electron chi connectivity index (χ0n) is 12.2. The predicted molar refractivity (Wildman–Crippen MR) is 75.8 cm³/mol. The topological polar surface area (TPSA) is 21.3 Å². The lowest BCUT2D eigenvalue weighted by molar-refractivity contribution is 0.124. The third-order valence-corrected chi connectivity index (χ3v) is 3.88. The molecule has 112 valence electrons. The van der Waals surface area contributed by atoms with Crippen LogP contribution < -0.4 is 10.1 Å². The first kappa shape index (κ1) is 15.2. The van der Waals surface area contributed by atoms with Crippen molar-refractivity contribution in [1.29, 1.82) is 0 Å². The van der Waals surface area contributed by atoms with Gasteiger partial charge < -0.3 is 10.1 Å². The van der Waals surface area contributed by atoms with Gasteiger partial charge in [-0.05, 0) is 55.8 Å². The van der Waals surface area contributed by atoms with E-state index >= 15 is 0 Å². The average molecular weight is 283 g/mol.